The molecule has 6 nitrogen and oxygen atoms in total. The maximum atomic E-state index is 12.8. The Hall–Kier alpha value is -2.32. The van der Waals surface area contributed by atoms with Crippen LogP contribution < -0.4 is 4.74 Å². The monoisotopic (exact) mass is 363 g/mol. The van der Waals surface area contributed by atoms with Gasteiger partial charge in [-0.1, -0.05) is 30.3 Å². The Bertz CT molecular complexity index is 826. The summed E-state index contributed by atoms with van der Waals surface area (Å²) in [6.07, 6.45) is 4.60. The van der Waals surface area contributed by atoms with E-state index in [2.05, 4.69) is 9.97 Å². The standard InChI is InChI=1S/C17H18FN3O3S/c18-15-11-19-17(20-12-15)24-16-7-4-9-21(13-16)25(22,23)10-8-14-5-2-1-3-6-14/h1-3,5-6,8,10-12,16H,4,7,9,13H2/b10-8+/t16-/m1/s1. The topological polar surface area (TPSA) is 72.4 Å². The number of hydrogen-bond donors (Lipinski definition) is 0. The molecular weight excluding hydrogens is 345 g/mol. The highest BCUT2D eigenvalue weighted by molar-refractivity contribution is 7.92. The van der Waals surface area contributed by atoms with E-state index >= 15 is 0 Å². The Balaban J connectivity index is 1.65. The molecule has 0 amide bonds. The molecule has 0 N–H and O–H groups in total. The second-order valence-corrected chi connectivity index (χ2v) is 7.50. The molecule has 1 saturated heterocycles. The van der Waals surface area contributed by atoms with Gasteiger partial charge in [-0.15, -0.1) is 0 Å². The molecule has 0 aliphatic carbocycles. The minimum atomic E-state index is -3.54. The summed E-state index contributed by atoms with van der Waals surface area (Å²) in [7, 11) is -3.54. The van der Waals surface area contributed by atoms with Crippen LogP contribution in [0.25, 0.3) is 6.08 Å². The fourth-order valence-electron chi connectivity index (χ4n) is 2.56. The van der Waals surface area contributed by atoms with Crippen LogP contribution in [0.3, 0.4) is 0 Å². The van der Waals surface area contributed by atoms with E-state index in [4.69, 9.17) is 4.74 Å². The molecule has 1 aliphatic heterocycles. The van der Waals surface area contributed by atoms with Crippen LogP contribution in [0.5, 0.6) is 6.01 Å². The molecule has 1 atom stereocenters. The number of piperidine rings is 1. The smallest absolute Gasteiger partial charge is 0.316 e. The van der Waals surface area contributed by atoms with Gasteiger partial charge in [-0.25, -0.2) is 22.8 Å². The minimum absolute atomic E-state index is 0.0467. The molecule has 25 heavy (non-hydrogen) atoms. The molecule has 2 heterocycles. The van der Waals surface area contributed by atoms with Crippen LogP contribution in [0, 0.1) is 5.82 Å². The predicted octanol–water partition coefficient (Wildman–Crippen LogP) is 2.46. The molecule has 1 aliphatic rings. The number of hydrogen-bond acceptors (Lipinski definition) is 5. The lowest BCUT2D eigenvalue weighted by molar-refractivity contribution is 0.119. The Morgan fingerprint density at radius 1 is 1.20 bits per heavy atom. The molecule has 0 unspecified atom stereocenters. The van der Waals surface area contributed by atoms with E-state index in [0.29, 0.717) is 19.4 Å². The fraction of sp³-hybridized carbons (Fsp3) is 0.294. The summed E-state index contributed by atoms with van der Waals surface area (Å²) in [4.78, 5) is 7.49. The summed E-state index contributed by atoms with van der Waals surface area (Å²) in [5.74, 6) is -0.550. The maximum Gasteiger partial charge on any atom is 0.316 e. The first kappa shape index (κ1) is 17.5. The molecule has 0 saturated carbocycles. The summed E-state index contributed by atoms with van der Waals surface area (Å²) in [5.41, 5.74) is 0.815. The summed E-state index contributed by atoms with van der Waals surface area (Å²) in [6, 6.07) is 9.28. The van der Waals surface area contributed by atoms with Gasteiger partial charge in [0.05, 0.1) is 18.9 Å². The third-order valence-corrected chi connectivity index (χ3v) is 5.33. The molecule has 132 valence electrons. The Labute approximate surface area is 146 Å². The zero-order chi connectivity index (χ0) is 17.7. The first-order chi connectivity index (χ1) is 12.0. The average Bonchev–Trinajstić information content (AvgIpc) is 2.63. The van der Waals surface area contributed by atoms with E-state index in [-0.39, 0.29) is 18.7 Å². The van der Waals surface area contributed by atoms with Crippen molar-refractivity contribution >= 4 is 16.1 Å². The Morgan fingerprint density at radius 3 is 2.64 bits per heavy atom. The lowest BCUT2D eigenvalue weighted by Crippen LogP contribution is -2.43. The maximum absolute atomic E-state index is 12.8. The van der Waals surface area contributed by atoms with Gasteiger partial charge < -0.3 is 4.74 Å². The third kappa shape index (κ3) is 4.83. The van der Waals surface area contributed by atoms with Crippen molar-refractivity contribution in [2.24, 2.45) is 0 Å². The fourth-order valence-corrected chi connectivity index (χ4v) is 3.82. The number of rotatable bonds is 5. The van der Waals surface area contributed by atoms with E-state index < -0.39 is 15.8 Å². The van der Waals surface area contributed by atoms with Crippen molar-refractivity contribution in [3.8, 4) is 6.01 Å². The lowest BCUT2D eigenvalue weighted by atomic mass is 10.1. The average molecular weight is 363 g/mol. The van der Waals surface area contributed by atoms with E-state index in [1.165, 1.54) is 9.71 Å². The summed E-state index contributed by atoms with van der Waals surface area (Å²) >= 11 is 0. The first-order valence-electron chi connectivity index (χ1n) is 7.90. The van der Waals surface area contributed by atoms with E-state index in [1.54, 1.807) is 6.08 Å². The molecule has 3 rings (SSSR count). The first-order valence-corrected chi connectivity index (χ1v) is 9.41. The third-order valence-electron chi connectivity index (χ3n) is 3.80. The molecule has 1 aromatic carbocycles. The van der Waals surface area contributed by atoms with Crippen LogP contribution in [-0.2, 0) is 10.0 Å². The van der Waals surface area contributed by atoms with E-state index in [0.717, 1.165) is 18.0 Å². The lowest BCUT2D eigenvalue weighted by Gasteiger charge is -2.30. The quantitative estimate of drug-likeness (QED) is 0.816. The van der Waals surface area contributed by atoms with Crippen LogP contribution in [0.15, 0.2) is 48.1 Å². The molecule has 8 heteroatoms. The van der Waals surface area contributed by atoms with Gasteiger partial charge in [0.25, 0.3) is 0 Å². The van der Waals surface area contributed by atoms with Gasteiger partial charge in [-0.2, -0.15) is 4.31 Å². The van der Waals surface area contributed by atoms with Crippen LogP contribution in [0.2, 0.25) is 0 Å². The largest absolute Gasteiger partial charge is 0.459 e. The van der Waals surface area contributed by atoms with Gasteiger partial charge in [0, 0.05) is 12.0 Å². The number of nitrogens with zero attached hydrogens (tertiary/aromatic N) is 3. The van der Waals surface area contributed by atoms with E-state index in [1.807, 2.05) is 30.3 Å². The van der Waals surface area contributed by atoms with Crippen molar-refractivity contribution in [3.05, 3.63) is 59.5 Å². The zero-order valence-corrected chi connectivity index (χ0v) is 14.3. The molecular formula is C17H18FN3O3S. The highest BCUT2D eigenvalue weighted by Crippen LogP contribution is 2.19. The van der Waals surface area contributed by atoms with Crippen molar-refractivity contribution in [2.75, 3.05) is 13.1 Å². The van der Waals surface area contributed by atoms with Crippen LogP contribution in [0.1, 0.15) is 18.4 Å². The molecule has 0 bridgehead atoms. The minimum Gasteiger partial charge on any atom is -0.459 e. The number of benzene rings is 1. The highest BCUT2D eigenvalue weighted by atomic mass is 32.2. The van der Waals surface area contributed by atoms with Crippen LogP contribution in [0.4, 0.5) is 4.39 Å². The second-order valence-electron chi connectivity index (χ2n) is 5.68. The van der Waals surface area contributed by atoms with E-state index in [9.17, 15) is 12.8 Å². The van der Waals surface area contributed by atoms with Gasteiger partial charge in [0.15, 0.2) is 5.82 Å². The molecule has 1 fully saturated rings. The summed E-state index contributed by atoms with van der Waals surface area (Å²) < 4.78 is 44.8. The van der Waals surface area contributed by atoms with Crippen LogP contribution in [-0.4, -0.2) is 41.9 Å². The predicted molar refractivity (Wildman–Crippen MR) is 91.6 cm³/mol. The van der Waals surface area contributed by atoms with Crippen molar-refractivity contribution in [1.29, 1.82) is 0 Å². The highest BCUT2D eigenvalue weighted by Gasteiger charge is 2.28. The normalized spacial score (nSPS) is 19.2. The number of ether oxygens (including phenoxy) is 1. The number of halogens is 1. The Kier molecular flexibility index (Phi) is 5.40. The van der Waals surface area contributed by atoms with Crippen molar-refractivity contribution in [1.82, 2.24) is 14.3 Å². The van der Waals surface area contributed by atoms with Crippen LogP contribution >= 0.6 is 0 Å². The molecule has 0 spiro atoms. The second kappa shape index (κ2) is 7.71. The molecule has 2 aromatic rings. The molecule has 1 aromatic heterocycles. The van der Waals surface area contributed by atoms with Gasteiger partial charge in [0.1, 0.15) is 6.10 Å². The van der Waals surface area contributed by atoms with Crippen molar-refractivity contribution < 1.29 is 17.5 Å². The SMILES string of the molecule is O=S(=O)(/C=C/c1ccccc1)N1CCC[C@@H](Oc2ncc(F)cn2)C1. The number of aromatic nitrogens is 2. The number of sulfonamides is 1. The van der Waals surface area contributed by atoms with Gasteiger partial charge in [0.2, 0.25) is 10.0 Å². The zero-order valence-electron chi connectivity index (χ0n) is 13.5. The van der Waals surface area contributed by atoms with Crippen molar-refractivity contribution in [2.45, 2.75) is 18.9 Å². The molecule has 0 radical (unpaired) electrons. The van der Waals surface area contributed by atoms with Gasteiger partial charge >= 0.3 is 6.01 Å². The van der Waals surface area contributed by atoms with Gasteiger partial charge in [-0.3, -0.25) is 0 Å². The summed E-state index contributed by atoms with van der Waals surface area (Å²) in [6.45, 7) is 0.647. The summed E-state index contributed by atoms with van der Waals surface area (Å²) in [5, 5.41) is 1.21. The van der Waals surface area contributed by atoms with Gasteiger partial charge in [-0.05, 0) is 24.5 Å². The Morgan fingerprint density at radius 2 is 1.92 bits per heavy atom. The van der Waals surface area contributed by atoms with Crippen molar-refractivity contribution in [3.63, 3.8) is 0 Å².